The van der Waals surface area contributed by atoms with E-state index in [4.69, 9.17) is 5.73 Å². The quantitative estimate of drug-likeness (QED) is 0.621. The predicted octanol–water partition coefficient (Wildman–Crippen LogP) is 2.04. The Balaban J connectivity index is 3.15. The van der Waals surface area contributed by atoms with E-state index in [0.29, 0.717) is 24.4 Å². The Kier molecular flexibility index (Phi) is 4.84. The van der Waals surface area contributed by atoms with E-state index in [1.54, 1.807) is 11.6 Å². The molecule has 0 saturated carbocycles. The maximum Gasteiger partial charge on any atom is 0.313 e. The van der Waals surface area contributed by atoms with E-state index in [9.17, 15) is 10.1 Å². The zero-order valence-corrected chi connectivity index (χ0v) is 11.5. The zero-order valence-electron chi connectivity index (χ0n) is 11.5. The molecule has 1 heterocycles. The summed E-state index contributed by atoms with van der Waals surface area (Å²) >= 11 is 0. The molecule has 0 aliphatic rings. The standard InChI is InChI=1S/C12H22N4O2/c1-5-6-15-11(7-10(13)8(2)3)12(16(17)18)9(4)14-15/h8,10H,5-7,13H2,1-4H3. The largest absolute Gasteiger partial charge is 0.327 e. The van der Waals surface area contributed by atoms with Crippen LogP contribution in [-0.4, -0.2) is 20.7 Å². The zero-order chi connectivity index (χ0) is 13.9. The van der Waals surface area contributed by atoms with E-state index >= 15 is 0 Å². The Labute approximate surface area is 107 Å². The first kappa shape index (κ1) is 14.6. The summed E-state index contributed by atoms with van der Waals surface area (Å²) in [6.07, 6.45) is 1.39. The van der Waals surface area contributed by atoms with Gasteiger partial charge in [0.25, 0.3) is 0 Å². The van der Waals surface area contributed by atoms with E-state index in [2.05, 4.69) is 5.10 Å². The molecular weight excluding hydrogens is 232 g/mol. The van der Waals surface area contributed by atoms with Crippen molar-refractivity contribution in [3.05, 3.63) is 21.5 Å². The van der Waals surface area contributed by atoms with Crippen molar-refractivity contribution in [2.45, 2.75) is 53.1 Å². The van der Waals surface area contributed by atoms with Crippen molar-refractivity contribution in [2.75, 3.05) is 0 Å². The highest BCUT2D eigenvalue weighted by molar-refractivity contribution is 5.41. The summed E-state index contributed by atoms with van der Waals surface area (Å²) in [6, 6.07) is -0.0876. The third-order valence-electron chi connectivity index (χ3n) is 3.10. The van der Waals surface area contributed by atoms with Crippen LogP contribution < -0.4 is 5.73 Å². The number of hydrogen-bond donors (Lipinski definition) is 1. The van der Waals surface area contributed by atoms with Gasteiger partial charge >= 0.3 is 5.69 Å². The summed E-state index contributed by atoms with van der Waals surface area (Å²) in [5, 5.41) is 15.4. The summed E-state index contributed by atoms with van der Waals surface area (Å²) in [4.78, 5) is 10.8. The van der Waals surface area contributed by atoms with Gasteiger partial charge in [0.1, 0.15) is 11.4 Å². The molecule has 6 nitrogen and oxygen atoms in total. The van der Waals surface area contributed by atoms with Crippen molar-refractivity contribution < 1.29 is 4.92 Å². The third kappa shape index (κ3) is 3.07. The van der Waals surface area contributed by atoms with Crippen molar-refractivity contribution in [3.8, 4) is 0 Å². The Morgan fingerprint density at radius 3 is 2.56 bits per heavy atom. The summed E-state index contributed by atoms with van der Waals surface area (Å²) in [6.45, 7) is 8.42. The summed E-state index contributed by atoms with van der Waals surface area (Å²) in [5.74, 6) is 0.287. The van der Waals surface area contributed by atoms with Gasteiger partial charge in [-0.3, -0.25) is 14.8 Å². The summed E-state index contributed by atoms with van der Waals surface area (Å²) < 4.78 is 1.73. The molecule has 1 aromatic heterocycles. The number of nitrogens with zero attached hydrogens (tertiary/aromatic N) is 3. The molecule has 0 aromatic carbocycles. The fraction of sp³-hybridized carbons (Fsp3) is 0.750. The van der Waals surface area contributed by atoms with Crippen LogP contribution in [0.1, 0.15) is 38.6 Å². The van der Waals surface area contributed by atoms with Crippen LogP contribution in [0.25, 0.3) is 0 Å². The molecule has 1 aromatic rings. The fourth-order valence-corrected chi connectivity index (χ4v) is 1.92. The fourth-order valence-electron chi connectivity index (χ4n) is 1.92. The second-order valence-corrected chi connectivity index (χ2v) is 4.97. The van der Waals surface area contributed by atoms with Crippen molar-refractivity contribution in [3.63, 3.8) is 0 Å². The first-order valence-corrected chi connectivity index (χ1v) is 6.34. The lowest BCUT2D eigenvalue weighted by molar-refractivity contribution is -0.386. The Hall–Kier alpha value is -1.43. The molecule has 0 radical (unpaired) electrons. The first-order chi connectivity index (χ1) is 8.38. The van der Waals surface area contributed by atoms with Gasteiger partial charge in [0.2, 0.25) is 0 Å². The van der Waals surface area contributed by atoms with Crippen LogP contribution in [0.2, 0.25) is 0 Å². The maximum absolute atomic E-state index is 11.1. The molecule has 1 rings (SSSR count). The SMILES string of the molecule is CCCn1nc(C)c([N+](=O)[O-])c1CC(N)C(C)C. The number of hydrogen-bond acceptors (Lipinski definition) is 4. The Bertz CT molecular complexity index is 426. The Morgan fingerprint density at radius 1 is 1.50 bits per heavy atom. The van der Waals surface area contributed by atoms with Crippen LogP contribution in [-0.2, 0) is 13.0 Å². The van der Waals surface area contributed by atoms with Gasteiger partial charge in [-0.15, -0.1) is 0 Å². The molecule has 0 aliphatic heterocycles. The highest BCUT2D eigenvalue weighted by Crippen LogP contribution is 2.25. The minimum Gasteiger partial charge on any atom is -0.327 e. The smallest absolute Gasteiger partial charge is 0.313 e. The minimum atomic E-state index is -0.350. The molecule has 0 spiro atoms. The van der Waals surface area contributed by atoms with Gasteiger partial charge in [-0.2, -0.15) is 5.10 Å². The lowest BCUT2D eigenvalue weighted by Crippen LogP contribution is -2.30. The lowest BCUT2D eigenvalue weighted by Gasteiger charge is -2.15. The molecule has 102 valence electrons. The van der Waals surface area contributed by atoms with Crippen LogP contribution in [0.15, 0.2) is 0 Å². The second kappa shape index (κ2) is 5.95. The normalized spacial score (nSPS) is 13.0. The summed E-state index contributed by atoms with van der Waals surface area (Å²) in [5.41, 5.74) is 7.28. The second-order valence-electron chi connectivity index (χ2n) is 4.97. The molecule has 0 fully saturated rings. The molecule has 2 N–H and O–H groups in total. The predicted molar refractivity (Wildman–Crippen MR) is 70.4 cm³/mol. The number of nitro groups is 1. The van der Waals surface area contributed by atoms with Crippen LogP contribution >= 0.6 is 0 Å². The molecule has 0 saturated heterocycles. The van der Waals surface area contributed by atoms with Crippen LogP contribution in [0, 0.1) is 23.0 Å². The van der Waals surface area contributed by atoms with E-state index < -0.39 is 0 Å². The van der Waals surface area contributed by atoms with Crippen LogP contribution in [0.5, 0.6) is 0 Å². The van der Waals surface area contributed by atoms with Gasteiger partial charge in [0, 0.05) is 19.0 Å². The number of aromatic nitrogens is 2. The van der Waals surface area contributed by atoms with Gasteiger partial charge < -0.3 is 5.73 Å². The van der Waals surface area contributed by atoms with Crippen molar-refractivity contribution in [2.24, 2.45) is 11.7 Å². The molecular formula is C12H22N4O2. The molecule has 0 bridgehead atoms. The van der Waals surface area contributed by atoms with Crippen LogP contribution in [0.3, 0.4) is 0 Å². The van der Waals surface area contributed by atoms with Crippen molar-refractivity contribution in [1.29, 1.82) is 0 Å². The van der Waals surface area contributed by atoms with E-state index in [1.165, 1.54) is 0 Å². The van der Waals surface area contributed by atoms with Crippen molar-refractivity contribution in [1.82, 2.24) is 9.78 Å². The molecule has 1 unspecified atom stereocenters. The average molecular weight is 254 g/mol. The monoisotopic (exact) mass is 254 g/mol. The van der Waals surface area contributed by atoms with Crippen LogP contribution in [0.4, 0.5) is 5.69 Å². The molecule has 0 amide bonds. The third-order valence-corrected chi connectivity index (χ3v) is 3.10. The maximum atomic E-state index is 11.1. The van der Waals surface area contributed by atoms with Gasteiger partial charge in [0.15, 0.2) is 0 Å². The number of nitrogens with two attached hydrogens (primary N) is 1. The Morgan fingerprint density at radius 2 is 2.11 bits per heavy atom. The number of rotatable bonds is 6. The molecule has 6 heteroatoms. The topological polar surface area (TPSA) is 87.0 Å². The molecule has 18 heavy (non-hydrogen) atoms. The number of aryl methyl sites for hydroxylation is 2. The van der Waals surface area contributed by atoms with E-state index in [-0.39, 0.29) is 22.6 Å². The van der Waals surface area contributed by atoms with Gasteiger partial charge in [0.05, 0.1) is 4.92 Å². The minimum absolute atomic E-state index is 0.0876. The van der Waals surface area contributed by atoms with Gasteiger partial charge in [-0.05, 0) is 19.3 Å². The van der Waals surface area contributed by atoms with Gasteiger partial charge in [-0.1, -0.05) is 20.8 Å². The van der Waals surface area contributed by atoms with Gasteiger partial charge in [-0.25, -0.2) is 0 Å². The lowest BCUT2D eigenvalue weighted by atomic mass is 9.99. The summed E-state index contributed by atoms with van der Waals surface area (Å²) in [7, 11) is 0. The highest BCUT2D eigenvalue weighted by Gasteiger charge is 2.26. The van der Waals surface area contributed by atoms with E-state index in [0.717, 1.165) is 6.42 Å². The van der Waals surface area contributed by atoms with Crippen molar-refractivity contribution >= 4 is 5.69 Å². The van der Waals surface area contributed by atoms with E-state index in [1.807, 2.05) is 20.8 Å². The first-order valence-electron chi connectivity index (χ1n) is 6.34. The molecule has 0 aliphatic carbocycles. The highest BCUT2D eigenvalue weighted by atomic mass is 16.6. The molecule has 1 atom stereocenters. The average Bonchev–Trinajstić information content (AvgIpc) is 2.55.